The minimum absolute atomic E-state index is 0.00134. The first kappa shape index (κ1) is 28.6. The zero-order valence-electron chi connectivity index (χ0n) is 19.4. The predicted molar refractivity (Wildman–Crippen MR) is 125 cm³/mol. The SMILES string of the molecule is CC(=O)c1ccc(S(=O)(=O)Nc2cc(C(=O)O)ccc2N2CCC(C)CC2)cc1.O=C(O)C(F)(F)F. The van der Waals surface area contributed by atoms with Gasteiger partial charge in [0.05, 0.1) is 21.8 Å². The smallest absolute Gasteiger partial charge is 0.478 e. The number of ketones is 1. The summed E-state index contributed by atoms with van der Waals surface area (Å²) >= 11 is 0. The standard InChI is InChI=1S/C21H24N2O5S.C2HF3O2/c1-14-9-11-23(12-10-14)20-8-5-17(21(25)26)13-19(20)22-29(27,28)18-6-3-16(4-7-18)15(2)24;3-2(4,5)1(6)7/h3-8,13-14,22H,9-12H2,1-2H3,(H,25,26);(H,6,7). The van der Waals surface area contributed by atoms with E-state index in [-0.39, 0.29) is 21.9 Å². The number of aliphatic carboxylic acids is 1. The lowest BCUT2D eigenvalue weighted by atomic mass is 9.98. The molecule has 0 atom stereocenters. The minimum atomic E-state index is -5.08. The third-order valence-electron chi connectivity index (χ3n) is 5.43. The monoisotopic (exact) mass is 530 g/mol. The minimum Gasteiger partial charge on any atom is -0.478 e. The Bertz CT molecular complexity index is 1220. The molecular formula is C23H25F3N2O7S. The molecule has 9 nitrogen and oxygen atoms in total. The van der Waals surface area contributed by atoms with Gasteiger partial charge in [0.1, 0.15) is 0 Å². The molecule has 1 aliphatic heterocycles. The molecule has 13 heteroatoms. The van der Waals surface area contributed by atoms with E-state index in [2.05, 4.69) is 16.5 Å². The van der Waals surface area contributed by atoms with Crippen molar-refractivity contribution in [3.8, 4) is 0 Å². The van der Waals surface area contributed by atoms with Crippen molar-refractivity contribution in [2.24, 2.45) is 5.92 Å². The average Bonchev–Trinajstić information content (AvgIpc) is 2.79. The fourth-order valence-corrected chi connectivity index (χ4v) is 4.41. The molecule has 1 fully saturated rings. The molecule has 3 N–H and O–H groups in total. The highest BCUT2D eigenvalue weighted by atomic mass is 32.2. The zero-order chi connectivity index (χ0) is 27.3. The maximum atomic E-state index is 12.9. The van der Waals surface area contributed by atoms with E-state index >= 15 is 0 Å². The van der Waals surface area contributed by atoms with Gasteiger partial charge in [0.25, 0.3) is 10.0 Å². The first-order valence-electron chi connectivity index (χ1n) is 10.7. The van der Waals surface area contributed by atoms with Gasteiger partial charge in [0, 0.05) is 18.7 Å². The molecule has 0 spiro atoms. The predicted octanol–water partition coefficient (Wildman–Crippen LogP) is 4.26. The number of piperidine rings is 1. The van der Waals surface area contributed by atoms with E-state index in [1.807, 2.05) is 0 Å². The number of carboxylic acid groups (broad SMARTS) is 2. The van der Waals surface area contributed by atoms with E-state index in [4.69, 9.17) is 9.90 Å². The van der Waals surface area contributed by atoms with Gasteiger partial charge in [-0.15, -0.1) is 0 Å². The second kappa shape index (κ2) is 11.4. The van der Waals surface area contributed by atoms with Crippen LogP contribution < -0.4 is 9.62 Å². The number of carbonyl (C=O) groups is 3. The van der Waals surface area contributed by atoms with Gasteiger partial charge < -0.3 is 15.1 Å². The largest absolute Gasteiger partial charge is 0.490 e. The van der Waals surface area contributed by atoms with Crippen LogP contribution in [0.2, 0.25) is 0 Å². The lowest BCUT2D eigenvalue weighted by molar-refractivity contribution is -0.192. The van der Waals surface area contributed by atoms with Crippen molar-refractivity contribution in [2.75, 3.05) is 22.7 Å². The average molecular weight is 531 g/mol. The van der Waals surface area contributed by atoms with Crippen LogP contribution in [0.25, 0.3) is 0 Å². The molecule has 2 aromatic carbocycles. The number of alkyl halides is 3. The van der Waals surface area contributed by atoms with Gasteiger partial charge in [-0.3, -0.25) is 9.52 Å². The highest BCUT2D eigenvalue weighted by Gasteiger charge is 2.38. The molecule has 0 saturated carbocycles. The molecule has 1 aliphatic rings. The van der Waals surface area contributed by atoms with Gasteiger partial charge in [-0.25, -0.2) is 18.0 Å². The van der Waals surface area contributed by atoms with E-state index in [0.29, 0.717) is 17.2 Å². The number of Topliss-reactive ketones (excluding diaryl/α,β-unsaturated/α-hetero) is 1. The number of nitrogens with one attached hydrogen (secondary N) is 1. The van der Waals surface area contributed by atoms with Gasteiger partial charge in [-0.1, -0.05) is 19.1 Å². The molecule has 0 unspecified atom stereocenters. The van der Waals surface area contributed by atoms with Crippen LogP contribution in [-0.4, -0.2) is 55.6 Å². The van der Waals surface area contributed by atoms with Crippen LogP contribution in [0, 0.1) is 5.92 Å². The Balaban J connectivity index is 0.000000572. The number of halogens is 3. The van der Waals surface area contributed by atoms with Crippen LogP contribution >= 0.6 is 0 Å². The number of hydrogen-bond donors (Lipinski definition) is 3. The van der Waals surface area contributed by atoms with Gasteiger partial charge in [0.2, 0.25) is 0 Å². The normalized spacial score (nSPS) is 14.4. The molecular weight excluding hydrogens is 505 g/mol. The quantitative estimate of drug-likeness (QED) is 0.471. The molecule has 1 saturated heterocycles. The van der Waals surface area contributed by atoms with E-state index < -0.39 is 28.1 Å². The van der Waals surface area contributed by atoms with Crippen LogP contribution in [-0.2, 0) is 14.8 Å². The molecule has 2 aromatic rings. The molecule has 1 heterocycles. The van der Waals surface area contributed by atoms with E-state index in [0.717, 1.165) is 25.9 Å². The van der Waals surface area contributed by atoms with E-state index in [1.54, 1.807) is 6.07 Å². The number of carboxylic acids is 2. The fourth-order valence-electron chi connectivity index (χ4n) is 3.35. The van der Waals surface area contributed by atoms with Crippen LogP contribution in [0.3, 0.4) is 0 Å². The number of benzene rings is 2. The van der Waals surface area contributed by atoms with Crippen molar-refractivity contribution in [3.05, 3.63) is 53.6 Å². The van der Waals surface area contributed by atoms with Crippen LogP contribution in [0.4, 0.5) is 24.5 Å². The first-order chi connectivity index (χ1) is 16.6. The van der Waals surface area contributed by atoms with Crippen molar-refractivity contribution in [1.82, 2.24) is 0 Å². The summed E-state index contributed by atoms with van der Waals surface area (Å²) in [5, 5.41) is 16.4. The van der Waals surface area contributed by atoms with Gasteiger partial charge in [-0.2, -0.15) is 13.2 Å². The number of nitrogens with zero attached hydrogens (tertiary/aromatic N) is 1. The Labute approximate surface area is 205 Å². The van der Waals surface area contributed by atoms with Crippen molar-refractivity contribution in [3.63, 3.8) is 0 Å². The topological polar surface area (TPSA) is 141 Å². The van der Waals surface area contributed by atoms with Crippen LogP contribution in [0.15, 0.2) is 47.4 Å². The number of rotatable bonds is 6. The molecule has 0 radical (unpaired) electrons. The summed E-state index contributed by atoms with van der Waals surface area (Å²) in [7, 11) is -3.95. The first-order valence-corrected chi connectivity index (χ1v) is 12.2. The summed E-state index contributed by atoms with van der Waals surface area (Å²) in [6, 6.07) is 10.1. The summed E-state index contributed by atoms with van der Waals surface area (Å²) in [6.45, 7) is 5.13. The van der Waals surface area contributed by atoms with Crippen molar-refractivity contribution in [2.45, 2.75) is 37.8 Å². The third kappa shape index (κ3) is 7.70. The fraction of sp³-hybridized carbons (Fsp3) is 0.348. The summed E-state index contributed by atoms with van der Waals surface area (Å²) in [6.07, 6.45) is -3.11. The van der Waals surface area contributed by atoms with Crippen molar-refractivity contribution in [1.29, 1.82) is 0 Å². The third-order valence-corrected chi connectivity index (χ3v) is 6.81. The number of hydrogen-bond acceptors (Lipinski definition) is 6. The molecule has 36 heavy (non-hydrogen) atoms. The molecule has 0 amide bonds. The zero-order valence-corrected chi connectivity index (χ0v) is 20.2. The maximum absolute atomic E-state index is 12.9. The number of anilines is 2. The van der Waals surface area contributed by atoms with E-state index in [9.17, 15) is 36.3 Å². The van der Waals surface area contributed by atoms with Crippen LogP contribution in [0.5, 0.6) is 0 Å². The lowest BCUT2D eigenvalue weighted by Crippen LogP contribution is -2.33. The Hall–Kier alpha value is -3.61. The van der Waals surface area contributed by atoms with Crippen LogP contribution in [0.1, 0.15) is 47.4 Å². The second-order valence-electron chi connectivity index (χ2n) is 8.20. The summed E-state index contributed by atoms with van der Waals surface area (Å²) in [5.74, 6) is -3.44. The Morgan fingerprint density at radius 3 is 1.92 bits per heavy atom. The van der Waals surface area contributed by atoms with Crippen molar-refractivity contribution >= 4 is 39.1 Å². The van der Waals surface area contributed by atoms with Gasteiger partial charge in [0.15, 0.2) is 5.78 Å². The summed E-state index contributed by atoms with van der Waals surface area (Å²) in [4.78, 5) is 33.8. The Morgan fingerprint density at radius 2 is 1.47 bits per heavy atom. The van der Waals surface area contributed by atoms with Gasteiger partial charge in [-0.05, 0) is 56.0 Å². The molecule has 0 aliphatic carbocycles. The lowest BCUT2D eigenvalue weighted by Gasteiger charge is -2.33. The Kier molecular flexibility index (Phi) is 9.08. The Morgan fingerprint density at radius 1 is 0.972 bits per heavy atom. The molecule has 196 valence electrons. The highest BCUT2D eigenvalue weighted by molar-refractivity contribution is 7.92. The molecule has 0 bridgehead atoms. The summed E-state index contributed by atoms with van der Waals surface area (Å²) in [5.41, 5.74) is 1.31. The number of carbonyl (C=O) groups excluding carboxylic acids is 1. The second-order valence-corrected chi connectivity index (χ2v) is 9.88. The summed E-state index contributed by atoms with van der Waals surface area (Å²) < 4.78 is 60.1. The molecule has 0 aromatic heterocycles. The number of sulfonamides is 1. The number of aromatic carboxylic acids is 1. The highest BCUT2D eigenvalue weighted by Crippen LogP contribution is 2.32. The maximum Gasteiger partial charge on any atom is 0.490 e. The van der Waals surface area contributed by atoms with Crippen molar-refractivity contribution < 1.29 is 46.2 Å². The van der Waals surface area contributed by atoms with E-state index in [1.165, 1.54) is 43.3 Å². The van der Waals surface area contributed by atoms with Gasteiger partial charge >= 0.3 is 18.1 Å². The molecule has 3 rings (SSSR count).